The fraction of sp³-hybridized carbons (Fsp3) is 0.188. The van der Waals surface area contributed by atoms with Crippen LogP contribution in [-0.2, 0) is 13.6 Å². The molecule has 0 atom stereocenters. The molecule has 0 bridgehead atoms. The summed E-state index contributed by atoms with van der Waals surface area (Å²) in [6.07, 6.45) is 1.52. The van der Waals surface area contributed by atoms with Gasteiger partial charge in [0.05, 0.1) is 12.8 Å². The van der Waals surface area contributed by atoms with Gasteiger partial charge in [-0.1, -0.05) is 0 Å². The third-order valence-electron chi connectivity index (χ3n) is 3.44. The Labute approximate surface area is 141 Å². The molecule has 0 aliphatic heterocycles. The van der Waals surface area contributed by atoms with E-state index in [2.05, 4.69) is 15.5 Å². The predicted octanol–water partition coefficient (Wildman–Crippen LogP) is 0.0270. The smallest absolute Gasteiger partial charge is 0.271 e. The van der Waals surface area contributed by atoms with E-state index in [0.717, 1.165) is 4.68 Å². The molecule has 0 saturated carbocycles. The number of hydrogen-bond donors (Lipinski definition) is 1. The van der Waals surface area contributed by atoms with Gasteiger partial charge in [-0.05, 0) is 24.3 Å². The molecule has 1 N–H and O–H groups in total. The van der Waals surface area contributed by atoms with E-state index < -0.39 is 5.91 Å². The van der Waals surface area contributed by atoms with E-state index in [0.29, 0.717) is 11.5 Å². The largest absolute Gasteiger partial charge is 0.463 e. The summed E-state index contributed by atoms with van der Waals surface area (Å²) in [6.45, 7) is 0.364. The molecule has 0 aromatic carbocycles. The highest BCUT2D eigenvalue weighted by Crippen LogP contribution is 2.14. The summed E-state index contributed by atoms with van der Waals surface area (Å²) in [4.78, 5) is 35.2. The molecule has 0 spiro atoms. The summed E-state index contributed by atoms with van der Waals surface area (Å²) in [5.41, 5.74) is 0.0502. The fourth-order valence-corrected chi connectivity index (χ4v) is 2.15. The molecular weight excluding hydrogens is 326 g/mol. The summed E-state index contributed by atoms with van der Waals surface area (Å²) in [5, 5.41) is 10.7. The average molecular weight is 341 g/mol. The van der Waals surface area contributed by atoms with E-state index in [-0.39, 0.29) is 29.9 Å². The third-order valence-corrected chi connectivity index (χ3v) is 3.44. The van der Waals surface area contributed by atoms with Gasteiger partial charge in [0.1, 0.15) is 11.4 Å². The first-order chi connectivity index (χ1) is 12.0. The number of furan rings is 1. The molecule has 128 valence electrons. The number of amides is 1. The second kappa shape index (κ2) is 6.95. The Balaban J connectivity index is 1.66. The molecule has 0 aliphatic carbocycles. The van der Waals surface area contributed by atoms with Gasteiger partial charge in [-0.3, -0.25) is 14.4 Å². The number of aromatic nitrogens is 4. The minimum atomic E-state index is -0.439. The number of nitrogens with one attached hydrogen (secondary N) is 1. The van der Waals surface area contributed by atoms with Crippen molar-refractivity contribution in [3.8, 4) is 11.5 Å². The second-order valence-electron chi connectivity index (χ2n) is 5.19. The molecule has 0 aliphatic rings. The van der Waals surface area contributed by atoms with E-state index in [1.807, 2.05) is 0 Å². The number of nitrogens with zero attached hydrogens (tertiary/aromatic N) is 4. The zero-order chi connectivity index (χ0) is 17.8. The normalized spacial score (nSPS) is 10.6. The Bertz CT molecular complexity index is 1000. The third kappa shape index (κ3) is 3.71. The molecule has 0 fully saturated rings. The van der Waals surface area contributed by atoms with E-state index in [4.69, 9.17) is 4.42 Å². The molecule has 0 saturated heterocycles. The summed E-state index contributed by atoms with van der Waals surface area (Å²) in [6, 6.07) is 9.05. The molecule has 3 aromatic rings. The Hall–Kier alpha value is -3.49. The number of carbonyl (C=O) groups is 1. The molecule has 0 unspecified atom stereocenters. The van der Waals surface area contributed by atoms with Crippen LogP contribution in [0.5, 0.6) is 0 Å². The van der Waals surface area contributed by atoms with Crippen LogP contribution in [-0.4, -0.2) is 32.0 Å². The van der Waals surface area contributed by atoms with Gasteiger partial charge in [0.2, 0.25) is 0 Å². The monoisotopic (exact) mass is 341 g/mol. The van der Waals surface area contributed by atoms with Crippen molar-refractivity contribution in [3.63, 3.8) is 0 Å². The Morgan fingerprint density at radius 2 is 1.92 bits per heavy atom. The summed E-state index contributed by atoms with van der Waals surface area (Å²) < 4.78 is 7.57. The lowest BCUT2D eigenvalue weighted by molar-refractivity contribution is 0.0944. The maximum absolute atomic E-state index is 12.0. The molecule has 25 heavy (non-hydrogen) atoms. The maximum atomic E-state index is 12.0. The van der Waals surface area contributed by atoms with Crippen molar-refractivity contribution in [2.45, 2.75) is 6.54 Å². The zero-order valence-electron chi connectivity index (χ0n) is 13.4. The average Bonchev–Trinajstić information content (AvgIpc) is 3.13. The summed E-state index contributed by atoms with van der Waals surface area (Å²) >= 11 is 0. The van der Waals surface area contributed by atoms with Crippen LogP contribution in [0.2, 0.25) is 0 Å². The van der Waals surface area contributed by atoms with Gasteiger partial charge >= 0.3 is 0 Å². The standard InChI is InChI=1S/C16H15N5O4/c1-20-14(22)6-5-12(18-20)16(24)17-8-9-21-15(23)7-4-11(19-21)13-3-2-10-25-13/h2-7,10H,8-9H2,1H3,(H,17,24). The van der Waals surface area contributed by atoms with Crippen LogP contribution in [0.25, 0.3) is 11.5 Å². The van der Waals surface area contributed by atoms with Gasteiger partial charge in [-0.2, -0.15) is 10.2 Å². The van der Waals surface area contributed by atoms with Crippen LogP contribution in [0.15, 0.2) is 56.7 Å². The highest BCUT2D eigenvalue weighted by atomic mass is 16.3. The van der Waals surface area contributed by atoms with Gasteiger partial charge in [0.15, 0.2) is 5.76 Å². The summed E-state index contributed by atoms with van der Waals surface area (Å²) in [5.74, 6) is 0.109. The van der Waals surface area contributed by atoms with Crippen LogP contribution in [0, 0.1) is 0 Å². The van der Waals surface area contributed by atoms with E-state index in [9.17, 15) is 14.4 Å². The topological polar surface area (TPSA) is 112 Å². The van der Waals surface area contributed by atoms with Crippen LogP contribution in [0.3, 0.4) is 0 Å². The maximum Gasteiger partial charge on any atom is 0.271 e. The Morgan fingerprint density at radius 3 is 2.64 bits per heavy atom. The summed E-state index contributed by atoms with van der Waals surface area (Å²) in [7, 11) is 1.46. The first-order valence-electron chi connectivity index (χ1n) is 7.49. The SMILES string of the molecule is Cn1nc(C(=O)NCCn2nc(-c3ccco3)ccc2=O)ccc1=O. The van der Waals surface area contributed by atoms with Crippen molar-refractivity contribution >= 4 is 5.91 Å². The van der Waals surface area contributed by atoms with Gasteiger partial charge in [-0.25, -0.2) is 9.36 Å². The lowest BCUT2D eigenvalue weighted by Gasteiger charge is -2.08. The highest BCUT2D eigenvalue weighted by Gasteiger charge is 2.09. The van der Waals surface area contributed by atoms with E-state index >= 15 is 0 Å². The molecule has 3 aromatic heterocycles. The first-order valence-corrected chi connectivity index (χ1v) is 7.49. The Morgan fingerprint density at radius 1 is 1.12 bits per heavy atom. The van der Waals surface area contributed by atoms with Gasteiger partial charge in [-0.15, -0.1) is 0 Å². The van der Waals surface area contributed by atoms with E-state index in [1.54, 1.807) is 18.2 Å². The Kier molecular flexibility index (Phi) is 4.55. The predicted molar refractivity (Wildman–Crippen MR) is 88.0 cm³/mol. The van der Waals surface area contributed by atoms with Crippen molar-refractivity contribution in [2.75, 3.05) is 6.54 Å². The second-order valence-corrected chi connectivity index (χ2v) is 5.19. The van der Waals surface area contributed by atoms with E-state index in [1.165, 1.54) is 36.2 Å². The molecule has 9 nitrogen and oxygen atoms in total. The minimum Gasteiger partial charge on any atom is -0.463 e. The van der Waals surface area contributed by atoms with Crippen LogP contribution in [0.4, 0.5) is 0 Å². The minimum absolute atomic E-state index is 0.117. The van der Waals surface area contributed by atoms with Gasteiger partial charge < -0.3 is 9.73 Å². The lowest BCUT2D eigenvalue weighted by atomic mass is 10.3. The van der Waals surface area contributed by atoms with Gasteiger partial charge in [0.25, 0.3) is 17.0 Å². The van der Waals surface area contributed by atoms with Crippen LogP contribution >= 0.6 is 0 Å². The number of aryl methyl sites for hydroxylation is 1. The highest BCUT2D eigenvalue weighted by molar-refractivity contribution is 5.91. The van der Waals surface area contributed by atoms with Crippen LogP contribution < -0.4 is 16.4 Å². The van der Waals surface area contributed by atoms with Crippen molar-refractivity contribution < 1.29 is 9.21 Å². The lowest BCUT2D eigenvalue weighted by Crippen LogP contribution is -2.33. The number of rotatable bonds is 5. The zero-order valence-corrected chi connectivity index (χ0v) is 13.4. The number of carbonyl (C=O) groups excluding carboxylic acids is 1. The van der Waals surface area contributed by atoms with Crippen molar-refractivity contribution in [1.29, 1.82) is 0 Å². The molecule has 9 heteroatoms. The first kappa shape index (κ1) is 16.4. The number of hydrogen-bond acceptors (Lipinski definition) is 6. The van der Waals surface area contributed by atoms with Crippen molar-refractivity contribution in [1.82, 2.24) is 24.9 Å². The fourth-order valence-electron chi connectivity index (χ4n) is 2.15. The van der Waals surface area contributed by atoms with Crippen molar-refractivity contribution in [2.24, 2.45) is 7.05 Å². The quantitative estimate of drug-likeness (QED) is 0.700. The molecule has 3 rings (SSSR count). The van der Waals surface area contributed by atoms with Crippen molar-refractivity contribution in [3.05, 3.63) is 69.1 Å². The van der Waals surface area contributed by atoms with Crippen LogP contribution in [0.1, 0.15) is 10.5 Å². The molecule has 0 radical (unpaired) electrons. The molecule has 3 heterocycles. The molecule has 1 amide bonds. The molecular formula is C16H15N5O4. The van der Waals surface area contributed by atoms with Gasteiger partial charge in [0, 0.05) is 25.7 Å².